The molecule has 0 aliphatic rings. The van der Waals surface area contributed by atoms with E-state index in [-0.39, 0.29) is 10.6 Å². The molecule has 0 saturated heterocycles. The highest BCUT2D eigenvalue weighted by Crippen LogP contribution is 2.34. The van der Waals surface area contributed by atoms with Gasteiger partial charge < -0.3 is 10.4 Å². The first-order valence-electron chi connectivity index (χ1n) is 8.14. The summed E-state index contributed by atoms with van der Waals surface area (Å²) >= 11 is 1.48. The van der Waals surface area contributed by atoms with Gasteiger partial charge in [-0.15, -0.1) is 11.3 Å². The van der Waals surface area contributed by atoms with Crippen molar-refractivity contribution in [2.75, 3.05) is 6.54 Å². The number of carboxylic acid groups (broad SMARTS) is 1. The molecule has 0 amide bonds. The lowest BCUT2D eigenvalue weighted by molar-refractivity contribution is -0.384. The van der Waals surface area contributed by atoms with Crippen LogP contribution in [-0.2, 0) is 11.3 Å². The number of aliphatic carboxylic acids is 1. The minimum Gasteiger partial charge on any atom is -0.481 e. The summed E-state index contributed by atoms with van der Waals surface area (Å²) in [5.41, 5.74) is 0.693. The quantitative estimate of drug-likeness (QED) is 0.516. The molecule has 1 aromatic heterocycles. The number of nitrogens with zero attached hydrogens (tertiary/aromatic N) is 1. The van der Waals surface area contributed by atoms with Crippen molar-refractivity contribution in [2.45, 2.75) is 26.8 Å². The maximum Gasteiger partial charge on any atom is 0.307 e. The molecule has 0 spiro atoms. The van der Waals surface area contributed by atoms with Gasteiger partial charge in [-0.1, -0.05) is 26.0 Å². The van der Waals surface area contributed by atoms with Gasteiger partial charge >= 0.3 is 5.97 Å². The summed E-state index contributed by atoms with van der Waals surface area (Å²) in [5.74, 6) is -0.863. The second-order valence-corrected chi connectivity index (χ2v) is 7.50. The lowest BCUT2D eigenvalue weighted by atomic mass is 9.97. The van der Waals surface area contributed by atoms with Crippen molar-refractivity contribution < 1.29 is 14.8 Å². The predicted octanol–water partition coefficient (Wildman–Crippen LogP) is 4.16. The van der Waals surface area contributed by atoms with E-state index in [0.717, 1.165) is 9.75 Å². The summed E-state index contributed by atoms with van der Waals surface area (Å²) in [7, 11) is 0. The maximum atomic E-state index is 11.3. The van der Waals surface area contributed by atoms with E-state index in [2.05, 4.69) is 5.32 Å². The third kappa shape index (κ3) is 5.37. The zero-order chi connectivity index (χ0) is 18.4. The molecule has 1 aromatic carbocycles. The van der Waals surface area contributed by atoms with Crippen molar-refractivity contribution in [3.05, 3.63) is 51.4 Å². The Bertz CT molecular complexity index is 742. The normalized spacial score (nSPS) is 12.3. The highest BCUT2D eigenvalue weighted by Gasteiger charge is 2.19. The summed E-state index contributed by atoms with van der Waals surface area (Å²) in [6.45, 7) is 4.97. The summed E-state index contributed by atoms with van der Waals surface area (Å²) in [6, 6.07) is 10.5. The largest absolute Gasteiger partial charge is 0.481 e. The van der Waals surface area contributed by atoms with Crippen LogP contribution in [0.3, 0.4) is 0 Å². The fourth-order valence-electron chi connectivity index (χ4n) is 2.67. The van der Waals surface area contributed by atoms with Gasteiger partial charge in [0.25, 0.3) is 5.69 Å². The van der Waals surface area contributed by atoms with E-state index in [0.29, 0.717) is 31.0 Å². The monoisotopic (exact) mass is 362 g/mol. The summed E-state index contributed by atoms with van der Waals surface area (Å²) in [4.78, 5) is 23.9. The molecule has 1 atom stereocenters. The van der Waals surface area contributed by atoms with Gasteiger partial charge in [0.15, 0.2) is 0 Å². The Kier molecular flexibility index (Phi) is 6.66. The van der Waals surface area contributed by atoms with Gasteiger partial charge in [-0.3, -0.25) is 14.9 Å². The number of rotatable bonds is 9. The molecular weight excluding hydrogens is 340 g/mol. The number of nitro benzene ring substituents is 1. The lowest BCUT2D eigenvalue weighted by Gasteiger charge is -2.15. The maximum absolute atomic E-state index is 11.3. The zero-order valence-electron chi connectivity index (χ0n) is 14.3. The molecule has 0 fully saturated rings. The molecule has 1 unspecified atom stereocenters. The van der Waals surface area contributed by atoms with Crippen molar-refractivity contribution >= 4 is 23.0 Å². The third-order valence-corrected chi connectivity index (χ3v) is 4.94. The highest BCUT2D eigenvalue weighted by molar-refractivity contribution is 7.15. The van der Waals surface area contributed by atoms with Gasteiger partial charge in [-0.05, 0) is 30.5 Å². The van der Waals surface area contributed by atoms with Crippen LogP contribution in [0, 0.1) is 22.0 Å². The lowest BCUT2D eigenvalue weighted by Crippen LogP contribution is -2.29. The predicted molar refractivity (Wildman–Crippen MR) is 98.7 cm³/mol. The van der Waals surface area contributed by atoms with Gasteiger partial charge in [0.2, 0.25) is 0 Å². The van der Waals surface area contributed by atoms with Crippen LogP contribution in [0.5, 0.6) is 0 Å². The number of nitrogens with one attached hydrogen (secondary N) is 1. The molecule has 0 radical (unpaired) electrons. The molecule has 6 nitrogen and oxygen atoms in total. The molecule has 2 aromatic rings. The number of hydrogen-bond acceptors (Lipinski definition) is 5. The third-order valence-electron chi connectivity index (χ3n) is 3.82. The SMILES string of the molecule is CC(C)CC(CNCc1ccc(-c2ccccc2[N+](=O)[O-])s1)C(=O)O. The smallest absolute Gasteiger partial charge is 0.307 e. The van der Waals surface area contributed by atoms with Crippen molar-refractivity contribution in [1.82, 2.24) is 5.32 Å². The minimum absolute atomic E-state index is 0.0896. The van der Waals surface area contributed by atoms with Crippen LogP contribution in [0.25, 0.3) is 10.4 Å². The molecule has 1 heterocycles. The molecule has 0 saturated carbocycles. The number of para-hydroxylation sites is 1. The van der Waals surface area contributed by atoms with Crippen LogP contribution in [0.1, 0.15) is 25.1 Å². The zero-order valence-corrected chi connectivity index (χ0v) is 15.1. The number of carbonyl (C=O) groups is 1. The summed E-state index contributed by atoms with van der Waals surface area (Å²) < 4.78 is 0. The number of carboxylic acids is 1. The van der Waals surface area contributed by atoms with E-state index >= 15 is 0 Å². The Morgan fingerprint density at radius 2 is 2.00 bits per heavy atom. The van der Waals surface area contributed by atoms with Gasteiger partial charge in [-0.2, -0.15) is 0 Å². The standard InChI is InChI=1S/C18H22N2O4S/c1-12(2)9-13(18(21)22)10-19-11-14-7-8-17(25-14)15-5-3-4-6-16(15)20(23)24/h3-8,12-13,19H,9-11H2,1-2H3,(H,21,22). The first-order chi connectivity index (χ1) is 11.9. The van der Waals surface area contributed by atoms with Crippen LogP contribution < -0.4 is 5.32 Å². The number of benzene rings is 1. The number of nitro groups is 1. The number of hydrogen-bond donors (Lipinski definition) is 2. The van der Waals surface area contributed by atoms with Crippen LogP contribution in [0.2, 0.25) is 0 Å². The van der Waals surface area contributed by atoms with Crippen LogP contribution in [-0.4, -0.2) is 22.5 Å². The Morgan fingerprint density at radius 3 is 2.64 bits per heavy atom. The molecule has 0 aliphatic carbocycles. The topological polar surface area (TPSA) is 92.5 Å². The van der Waals surface area contributed by atoms with Crippen LogP contribution >= 0.6 is 11.3 Å². The fourth-order valence-corrected chi connectivity index (χ4v) is 3.68. The van der Waals surface area contributed by atoms with E-state index in [4.69, 9.17) is 0 Å². The molecule has 25 heavy (non-hydrogen) atoms. The van der Waals surface area contributed by atoms with Gasteiger partial charge in [-0.25, -0.2) is 0 Å². The Morgan fingerprint density at radius 1 is 1.28 bits per heavy atom. The van der Waals surface area contributed by atoms with Gasteiger partial charge in [0.1, 0.15) is 0 Å². The van der Waals surface area contributed by atoms with E-state index in [9.17, 15) is 20.0 Å². The molecule has 2 N–H and O–H groups in total. The molecular formula is C18H22N2O4S. The minimum atomic E-state index is -0.784. The first kappa shape index (κ1) is 19.1. The second kappa shape index (κ2) is 8.73. The van der Waals surface area contributed by atoms with Crippen molar-refractivity contribution in [1.29, 1.82) is 0 Å². The molecule has 7 heteroatoms. The fraction of sp³-hybridized carbons (Fsp3) is 0.389. The second-order valence-electron chi connectivity index (χ2n) is 6.34. The van der Waals surface area contributed by atoms with E-state index in [1.807, 2.05) is 26.0 Å². The van der Waals surface area contributed by atoms with Crippen molar-refractivity contribution in [3.8, 4) is 10.4 Å². The molecule has 2 rings (SSSR count). The molecule has 0 bridgehead atoms. The van der Waals surface area contributed by atoms with E-state index < -0.39 is 11.9 Å². The van der Waals surface area contributed by atoms with E-state index in [1.165, 1.54) is 17.4 Å². The van der Waals surface area contributed by atoms with Crippen molar-refractivity contribution in [3.63, 3.8) is 0 Å². The van der Waals surface area contributed by atoms with Gasteiger partial charge in [0, 0.05) is 28.9 Å². The highest BCUT2D eigenvalue weighted by atomic mass is 32.1. The van der Waals surface area contributed by atoms with Crippen molar-refractivity contribution in [2.24, 2.45) is 11.8 Å². The average molecular weight is 362 g/mol. The molecule has 0 aliphatic heterocycles. The Labute approximate surface area is 150 Å². The van der Waals surface area contributed by atoms with Crippen LogP contribution in [0.15, 0.2) is 36.4 Å². The Hall–Kier alpha value is -2.25. The first-order valence-corrected chi connectivity index (χ1v) is 8.96. The number of thiophene rings is 1. The Balaban J connectivity index is 2.00. The van der Waals surface area contributed by atoms with E-state index in [1.54, 1.807) is 18.2 Å². The average Bonchev–Trinajstić information content (AvgIpc) is 3.02. The van der Waals surface area contributed by atoms with Crippen LogP contribution in [0.4, 0.5) is 5.69 Å². The molecule has 134 valence electrons. The van der Waals surface area contributed by atoms with Gasteiger partial charge in [0.05, 0.1) is 16.4 Å². The summed E-state index contributed by atoms with van der Waals surface area (Å²) in [5, 5.41) is 23.6. The summed E-state index contributed by atoms with van der Waals surface area (Å²) in [6.07, 6.45) is 0.633.